The first-order chi connectivity index (χ1) is 10.7. The molecule has 1 unspecified atom stereocenters. The van der Waals surface area contributed by atoms with Gasteiger partial charge in [-0.25, -0.2) is 9.97 Å². The molecule has 5 heteroatoms. The summed E-state index contributed by atoms with van der Waals surface area (Å²) < 4.78 is 6.01. The van der Waals surface area contributed by atoms with Gasteiger partial charge in [-0.1, -0.05) is 6.92 Å². The molecule has 3 heterocycles. The lowest BCUT2D eigenvalue weighted by atomic mass is 10.3. The second-order valence-corrected chi connectivity index (χ2v) is 5.64. The van der Waals surface area contributed by atoms with Crippen molar-refractivity contribution in [3.63, 3.8) is 0 Å². The van der Waals surface area contributed by atoms with Gasteiger partial charge in [-0.05, 0) is 37.5 Å². The Morgan fingerprint density at radius 2 is 2.09 bits per heavy atom. The van der Waals surface area contributed by atoms with Gasteiger partial charge in [0.2, 0.25) is 0 Å². The van der Waals surface area contributed by atoms with Crippen molar-refractivity contribution in [3.8, 4) is 0 Å². The van der Waals surface area contributed by atoms with Crippen LogP contribution in [0.2, 0.25) is 0 Å². The minimum Gasteiger partial charge on any atom is -0.372 e. The Bertz CT molecular complexity index is 617. The maximum atomic E-state index is 6.01. The second kappa shape index (κ2) is 6.83. The topological polar surface area (TPSA) is 51.1 Å². The molecule has 1 aliphatic rings. The van der Waals surface area contributed by atoms with Gasteiger partial charge in [0, 0.05) is 37.2 Å². The van der Waals surface area contributed by atoms with E-state index in [9.17, 15) is 0 Å². The van der Waals surface area contributed by atoms with Crippen LogP contribution in [-0.2, 0) is 17.8 Å². The summed E-state index contributed by atoms with van der Waals surface area (Å²) in [6, 6.07) is 6.08. The van der Waals surface area contributed by atoms with Crippen molar-refractivity contribution in [3.05, 3.63) is 47.7 Å². The Hall–Kier alpha value is -2.01. The van der Waals surface area contributed by atoms with Crippen LogP contribution in [0.3, 0.4) is 0 Å². The first-order valence-electron chi connectivity index (χ1n) is 7.84. The molecule has 1 aliphatic heterocycles. The Balaban J connectivity index is 1.59. The highest BCUT2D eigenvalue weighted by atomic mass is 16.5. The summed E-state index contributed by atoms with van der Waals surface area (Å²) in [6.07, 6.45) is 5.83. The number of rotatable bonds is 5. The fourth-order valence-corrected chi connectivity index (χ4v) is 2.72. The van der Waals surface area contributed by atoms with E-state index in [0.717, 1.165) is 43.3 Å². The minimum atomic E-state index is 0.258. The molecule has 1 fully saturated rings. The van der Waals surface area contributed by atoms with Crippen molar-refractivity contribution in [1.82, 2.24) is 15.0 Å². The van der Waals surface area contributed by atoms with Gasteiger partial charge >= 0.3 is 0 Å². The maximum Gasteiger partial charge on any atom is 0.132 e. The third-order valence-corrected chi connectivity index (χ3v) is 3.94. The Morgan fingerprint density at radius 1 is 1.27 bits per heavy atom. The Morgan fingerprint density at radius 3 is 2.86 bits per heavy atom. The van der Waals surface area contributed by atoms with Crippen LogP contribution in [0.1, 0.15) is 30.4 Å². The molecule has 1 atom stereocenters. The molecule has 5 nitrogen and oxygen atoms in total. The lowest BCUT2D eigenvalue weighted by molar-refractivity contribution is 0.0553. The van der Waals surface area contributed by atoms with Crippen LogP contribution in [0.15, 0.2) is 30.6 Å². The molecule has 2 aromatic rings. The van der Waals surface area contributed by atoms with E-state index in [1.165, 1.54) is 5.56 Å². The van der Waals surface area contributed by atoms with Gasteiger partial charge in [0.05, 0.1) is 12.7 Å². The number of ether oxygens (including phenoxy) is 1. The van der Waals surface area contributed by atoms with Crippen molar-refractivity contribution in [2.24, 2.45) is 0 Å². The third kappa shape index (κ3) is 3.60. The molecule has 2 aromatic heterocycles. The smallest absolute Gasteiger partial charge is 0.132 e. The van der Waals surface area contributed by atoms with Gasteiger partial charge in [-0.15, -0.1) is 0 Å². The maximum absolute atomic E-state index is 6.01. The zero-order valence-corrected chi connectivity index (χ0v) is 13.2. The van der Waals surface area contributed by atoms with Crippen LogP contribution in [0, 0.1) is 6.92 Å². The molecule has 1 saturated heterocycles. The van der Waals surface area contributed by atoms with Gasteiger partial charge in [0.25, 0.3) is 0 Å². The van der Waals surface area contributed by atoms with Crippen LogP contribution in [-0.4, -0.2) is 34.1 Å². The summed E-state index contributed by atoms with van der Waals surface area (Å²) in [7, 11) is 0. The summed E-state index contributed by atoms with van der Waals surface area (Å²) in [6.45, 7) is 6.60. The van der Waals surface area contributed by atoms with Crippen LogP contribution >= 0.6 is 0 Å². The Kier molecular flexibility index (Phi) is 4.63. The van der Waals surface area contributed by atoms with Gasteiger partial charge < -0.3 is 9.64 Å². The molecule has 116 valence electrons. The van der Waals surface area contributed by atoms with Gasteiger partial charge in [0.15, 0.2) is 0 Å². The van der Waals surface area contributed by atoms with Crippen molar-refractivity contribution >= 4 is 5.82 Å². The zero-order chi connectivity index (χ0) is 15.4. The number of pyridine rings is 1. The molecular weight excluding hydrogens is 276 g/mol. The van der Waals surface area contributed by atoms with Crippen LogP contribution in [0.25, 0.3) is 0 Å². The second-order valence-electron chi connectivity index (χ2n) is 5.64. The van der Waals surface area contributed by atoms with Crippen molar-refractivity contribution in [2.45, 2.75) is 39.4 Å². The van der Waals surface area contributed by atoms with Crippen molar-refractivity contribution < 1.29 is 4.74 Å². The first kappa shape index (κ1) is 14.9. The monoisotopic (exact) mass is 298 g/mol. The fourth-order valence-electron chi connectivity index (χ4n) is 2.72. The van der Waals surface area contributed by atoms with Crippen LogP contribution in [0.5, 0.6) is 0 Å². The highest BCUT2D eigenvalue weighted by molar-refractivity contribution is 5.41. The highest BCUT2D eigenvalue weighted by Crippen LogP contribution is 2.21. The molecule has 0 amide bonds. The molecule has 0 bridgehead atoms. The zero-order valence-electron chi connectivity index (χ0n) is 13.2. The summed E-state index contributed by atoms with van der Waals surface area (Å²) in [5, 5.41) is 0. The first-order valence-corrected chi connectivity index (χ1v) is 7.84. The van der Waals surface area contributed by atoms with E-state index in [-0.39, 0.29) is 6.10 Å². The average molecular weight is 298 g/mol. The van der Waals surface area contributed by atoms with E-state index >= 15 is 0 Å². The predicted octanol–water partition coefficient (Wildman–Crippen LogP) is 2.54. The molecule has 3 rings (SSSR count). The quantitative estimate of drug-likeness (QED) is 0.849. The van der Waals surface area contributed by atoms with E-state index in [2.05, 4.69) is 32.8 Å². The van der Waals surface area contributed by atoms with Crippen LogP contribution in [0.4, 0.5) is 5.82 Å². The standard InChI is InChI=1S/C17H22N4O/c1-3-15-10-17(20-13(2)19-15)21-9-6-16(11-21)22-12-14-4-7-18-8-5-14/h4-5,7-8,10,16H,3,6,9,11-12H2,1-2H3. The third-order valence-electron chi connectivity index (χ3n) is 3.94. The predicted molar refractivity (Wildman–Crippen MR) is 85.8 cm³/mol. The average Bonchev–Trinajstić information content (AvgIpc) is 3.02. The molecule has 0 N–H and O–H groups in total. The molecular formula is C17H22N4O. The minimum absolute atomic E-state index is 0.258. The number of hydrogen-bond acceptors (Lipinski definition) is 5. The summed E-state index contributed by atoms with van der Waals surface area (Å²) in [4.78, 5) is 15.3. The molecule has 0 spiro atoms. The molecule has 0 radical (unpaired) electrons. The van der Waals surface area contributed by atoms with E-state index in [1.54, 1.807) is 12.4 Å². The number of nitrogens with zero attached hydrogens (tertiary/aromatic N) is 4. The van der Waals surface area contributed by atoms with Gasteiger partial charge in [0.1, 0.15) is 11.6 Å². The molecule has 0 aliphatic carbocycles. The fraction of sp³-hybridized carbons (Fsp3) is 0.471. The van der Waals surface area contributed by atoms with Crippen molar-refractivity contribution in [2.75, 3.05) is 18.0 Å². The summed E-state index contributed by atoms with van der Waals surface area (Å²) in [5.41, 5.74) is 2.27. The lowest BCUT2D eigenvalue weighted by Crippen LogP contribution is -2.24. The van der Waals surface area contributed by atoms with Gasteiger partial charge in [-0.2, -0.15) is 0 Å². The largest absolute Gasteiger partial charge is 0.372 e. The van der Waals surface area contributed by atoms with E-state index in [4.69, 9.17) is 4.74 Å². The van der Waals surface area contributed by atoms with E-state index in [0.29, 0.717) is 6.61 Å². The number of anilines is 1. The molecule has 22 heavy (non-hydrogen) atoms. The van der Waals surface area contributed by atoms with E-state index < -0.39 is 0 Å². The van der Waals surface area contributed by atoms with Crippen molar-refractivity contribution in [1.29, 1.82) is 0 Å². The molecule has 0 saturated carbocycles. The summed E-state index contributed by atoms with van der Waals surface area (Å²) in [5.74, 6) is 1.87. The summed E-state index contributed by atoms with van der Waals surface area (Å²) >= 11 is 0. The molecule has 0 aromatic carbocycles. The number of aryl methyl sites for hydroxylation is 2. The van der Waals surface area contributed by atoms with Crippen LogP contribution < -0.4 is 4.90 Å². The lowest BCUT2D eigenvalue weighted by Gasteiger charge is -2.18. The number of hydrogen-bond donors (Lipinski definition) is 0. The normalized spacial score (nSPS) is 17.9. The Labute approximate surface area is 131 Å². The number of aromatic nitrogens is 3. The van der Waals surface area contributed by atoms with E-state index in [1.807, 2.05) is 19.1 Å². The SMILES string of the molecule is CCc1cc(N2CCC(OCc3ccncc3)C2)nc(C)n1. The van der Waals surface area contributed by atoms with Gasteiger partial charge in [-0.3, -0.25) is 4.98 Å². The highest BCUT2D eigenvalue weighted by Gasteiger charge is 2.24.